The van der Waals surface area contributed by atoms with Crippen LogP contribution in [0.1, 0.15) is 0 Å². The second-order valence-corrected chi connectivity index (χ2v) is 0. The predicted molar refractivity (Wildman–Crippen MR) is 0 cm³/mol. The molecule has 0 aromatic rings. The summed E-state index contributed by atoms with van der Waals surface area (Å²) in [5.41, 5.74) is 0. The van der Waals surface area contributed by atoms with Gasteiger partial charge >= 0.3 is 94.3 Å². The van der Waals surface area contributed by atoms with E-state index in [1.54, 1.807) is 0 Å². The van der Waals surface area contributed by atoms with Crippen LogP contribution in [0.5, 0.6) is 0 Å². The monoisotopic (exact) mass is 130 g/mol. The van der Waals surface area contributed by atoms with E-state index in [9.17, 15) is 0 Å². The van der Waals surface area contributed by atoms with Crippen LogP contribution in [0.25, 0.3) is 0 Å². The van der Waals surface area contributed by atoms with Crippen molar-refractivity contribution in [2.24, 2.45) is 0 Å². The summed E-state index contributed by atoms with van der Waals surface area (Å²) in [7, 11) is 0. The van der Waals surface area contributed by atoms with Gasteiger partial charge in [0.2, 0.25) is 0 Å². The quantitative estimate of drug-likeness (QED) is 0.225. The molecule has 0 saturated carbocycles. The molecule has 40 valence electrons. The molecular formula is F5Li5. The molecule has 0 amide bonds. The minimum Gasteiger partial charge on any atom is -1.00 e. The smallest absolute Gasteiger partial charge is 1.00 e. The molecule has 10 heteroatoms. The van der Waals surface area contributed by atoms with Gasteiger partial charge in [0.15, 0.2) is 0 Å². The van der Waals surface area contributed by atoms with Gasteiger partial charge in [0.1, 0.15) is 0 Å². The first-order valence-corrected chi connectivity index (χ1v) is 0. The Bertz CT molecular complexity index is 10.0. The molecule has 0 fully saturated rings. The SMILES string of the molecule is [F-].[F-].[F-].[F-].[F-].[Li+].[Li+].[Li+].[Li+].[Li+]. The van der Waals surface area contributed by atoms with Crippen LogP contribution in [0.2, 0.25) is 0 Å². The fourth-order valence-corrected chi connectivity index (χ4v) is 0. The molecule has 0 spiro atoms. The summed E-state index contributed by atoms with van der Waals surface area (Å²) in [6, 6.07) is 0. The number of halogens is 5. The molecule has 0 aliphatic carbocycles. The fraction of sp³-hybridized carbons (Fsp3) is 0. The summed E-state index contributed by atoms with van der Waals surface area (Å²) in [5.74, 6) is 0. The fourth-order valence-electron chi connectivity index (χ4n) is 0. The summed E-state index contributed by atoms with van der Waals surface area (Å²) >= 11 is 0. The van der Waals surface area contributed by atoms with E-state index in [1.165, 1.54) is 0 Å². The third-order valence-corrected chi connectivity index (χ3v) is 0. The normalized spacial score (nSPS) is 0. The van der Waals surface area contributed by atoms with Crippen LogP contribution in [-0.4, -0.2) is 0 Å². The van der Waals surface area contributed by atoms with Crippen molar-refractivity contribution in [3.05, 3.63) is 0 Å². The van der Waals surface area contributed by atoms with E-state index in [-0.39, 0.29) is 118 Å². The van der Waals surface area contributed by atoms with Gasteiger partial charge in [0.05, 0.1) is 0 Å². The maximum absolute atomic E-state index is 0. The molecule has 0 unspecified atom stereocenters. The van der Waals surface area contributed by atoms with Crippen molar-refractivity contribution in [3.63, 3.8) is 0 Å². The van der Waals surface area contributed by atoms with Crippen molar-refractivity contribution in [1.29, 1.82) is 0 Å². The zero-order valence-electron chi connectivity index (χ0n) is 6.89. The molecule has 0 aromatic carbocycles. The summed E-state index contributed by atoms with van der Waals surface area (Å²) in [6.07, 6.45) is 0. The Morgan fingerprint density at radius 3 is 0.200 bits per heavy atom. The first-order chi connectivity index (χ1) is 0. The van der Waals surface area contributed by atoms with Crippen LogP contribution in [0, 0.1) is 0 Å². The van der Waals surface area contributed by atoms with E-state index >= 15 is 0 Å². The Labute approximate surface area is 116 Å². The van der Waals surface area contributed by atoms with Gasteiger partial charge in [-0.05, 0) is 0 Å². The molecule has 0 aliphatic rings. The second-order valence-electron chi connectivity index (χ2n) is 0. The van der Waals surface area contributed by atoms with Crippen molar-refractivity contribution < 1.29 is 118 Å². The van der Waals surface area contributed by atoms with Crippen LogP contribution in [0.4, 0.5) is 0 Å². The molecule has 0 bridgehead atoms. The second kappa shape index (κ2) is 189. The zero-order valence-corrected chi connectivity index (χ0v) is 6.89. The standard InChI is InChI=1S/5FH.5Li/h5*1H;;;;;/q;;;;;5*+1/p-5. The topological polar surface area (TPSA) is 0 Å². The van der Waals surface area contributed by atoms with Gasteiger partial charge in [-0.1, -0.05) is 0 Å². The van der Waals surface area contributed by atoms with E-state index < -0.39 is 0 Å². The Morgan fingerprint density at radius 2 is 0.200 bits per heavy atom. The van der Waals surface area contributed by atoms with Crippen LogP contribution in [0.15, 0.2) is 0 Å². The van der Waals surface area contributed by atoms with Crippen LogP contribution >= 0.6 is 0 Å². The van der Waals surface area contributed by atoms with Crippen LogP contribution in [-0.2, 0) is 0 Å². The molecule has 0 aliphatic heterocycles. The van der Waals surface area contributed by atoms with Crippen LogP contribution < -0.4 is 118 Å². The first kappa shape index (κ1) is 246. The molecule has 0 heterocycles. The van der Waals surface area contributed by atoms with Gasteiger partial charge in [-0.15, -0.1) is 0 Å². The van der Waals surface area contributed by atoms with Crippen molar-refractivity contribution in [2.75, 3.05) is 0 Å². The van der Waals surface area contributed by atoms with E-state index in [0.717, 1.165) is 0 Å². The van der Waals surface area contributed by atoms with E-state index in [0.29, 0.717) is 0 Å². The Hall–Kier alpha value is 2.64. The van der Waals surface area contributed by atoms with Crippen molar-refractivity contribution >= 4 is 0 Å². The summed E-state index contributed by atoms with van der Waals surface area (Å²) < 4.78 is 0. The molecule has 10 heavy (non-hydrogen) atoms. The number of hydrogen-bond donors (Lipinski definition) is 0. The molecule has 0 atom stereocenters. The van der Waals surface area contributed by atoms with Gasteiger partial charge in [0.25, 0.3) is 0 Å². The molecule has 0 N–H and O–H groups in total. The van der Waals surface area contributed by atoms with Gasteiger partial charge in [-0.3, -0.25) is 0 Å². The van der Waals surface area contributed by atoms with Crippen molar-refractivity contribution in [2.45, 2.75) is 0 Å². The molecule has 0 nitrogen and oxygen atoms in total. The van der Waals surface area contributed by atoms with Gasteiger partial charge < -0.3 is 23.5 Å². The number of hydrogen-bond acceptors (Lipinski definition) is 0. The molecule has 0 saturated heterocycles. The minimum absolute atomic E-state index is 0. The molecule has 0 radical (unpaired) electrons. The molecule has 0 rings (SSSR count). The van der Waals surface area contributed by atoms with Crippen molar-refractivity contribution in [1.82, 2.24) is 0 Å². The third kappa shape index (κ3) is 142. The number of rotatable bonds is 0. The molecular weight excluding hydrogens is 130 g/mol. The van der Waals surface area contributed by atoms with Crippen LogP contribution in [0.3, 0.4) is 0 Å². The predicted octanol–water partition coefficient (Wildman–Crippen LogP) is -30.0. The van der Waals surface area contributed by atoms with Crippen molar-refractivity contribution in [3.8, 4) is 0 Å². The summed E-state index contributed by atoms with van der Waals surface area (Å²) in [5, 5.41) is 0. The Morgan fingerprint density at radius 1 is 0.200 bits per heavy atom. The van der Waals surface area contributed by atoms with Gasteiger partial charge in [-0.2, -0.15) is 0 Å². The zero-order chi connectivity index (χ0) is 0. The Balaban J connectivity index is 0. The largest absolute Gasteiger partial charge is 1.00 e. The van der Waals surface area contributed by atoms with Gasteiger partial charge in [-0.25, -0.2) is 0 Å². The first-order valence-electron chi connectivity index (χ1n) is 0. The maximum Gasteiger partial charge on any atom is 1.00 e. The minimum atomic E-state index is 0. The van der Waals surface area contributed by atoms with Gasteiger partial charge in [0, 0.05) is 0 Å². The Kier molecular flexibility index (Phi) is 4660. The summed E-state index contributed by atoms with van der Waals surface area (Å²) in [6.45, 7) is 0. The van der Waals surface area contributed by atoms with E-state index in [2.05, 4.69) is 0 Å². The molecule has 0 aromatic heterocycles. The average molecular weight is 130 g/mol. The summed E-state index contributed by atoms with van der Waals surface area (Å²) in [4.78, 5) is 0. The third-order valence-electron chi connectivity index (χ3n) is 0. The van der Waals surface area contributed by atoms with E-state index in [4.69, 9.17) is 0 Å². The average Bonchev–Trinajstić information content (AvgIpc) is 0. The maximum atomic E-state index is 0. The van der Waals surface area contributed by atoms with E-state index in [1.807, 2.05) is 0 Å².